The largest absolute Gasteiger partial charge is 0.356 e. The Labute approximate surface area is 165 Å². The van der Waals surface area contributed by atoms with E-state index in [0.717, 1.165) is 25.7 Å². The number of nitrogens with one attached hydrogen (secondary N) is 1. The first-order valence-corrected chi connectivity index (χ1v) is 10.1. The average Bonchev–Trinajstić information content (AvgIpc) is 2.75. The minimum absolute atomic E-state index is 0.127. The monoisotopic (exact) mass is 382 g/mol. The molecule has 0 bridgehead atoms. The molecule has 0 atom stereocenters. The van der Waals surface area contributed by atoms with E-state index in [1.807, 2.05) is 18.2 Å². The van der Waals surface area contributed by atoms with Crippen molar-refractivity contribution in [2.75, 3.05) is 18.0 Å². The molecular formula is C23H27FN2O2. The summed E-state index contributed by atoms with van der Waals surface area (Å²) >= 11 is 0. The summed E-state index contributed by atoms with van der Waals surface area (Å²) in [6.07, 6.45) is 6.05. The molecule has 148 valence electrons. The number of rotatable bonds is 7. The van der Waals surface area contributed by atoms with Crippen LogP contribution in [0.5, 0.6) is 0 Å². The van der Waals surface area contributed by atoms with Crippen LogP contribution in [0.15, 0.2) is 54.6 Å². The van der Waals surface area contributed by atoms with E-state index in [2.05, 4.69) is 5.32 Å². The maximum absolute atomic E-state index is 13.3. The van der Waals surface area contributed by atoms with Crippen molar-refractivity contribution in [1.29, 1.82) is 0 Å². The van der Waals surface area contributed by atoms with Crippen molar-refractivity contribution in [2.24, 2.45) is 5.92 Å². The zero-order valence-electron chi connectivity index (χ0n) is 16.1. The molecule has 1 saturated carbocycles. The maximum atomic E-state index is 13.3. The molecule has 0 unspecified atom stereocenters. The number of hydrogen-bond acceptors (Lipinski definition) is 2. The fraction of sp³-hybridized carbons (Fsp3) is 0.391. The summed E-state index contributed by atoms with van der Waals surface area (Å²) in [6, 6.07) is 15.0. The Balaban J connectivity index is 1.60. The lowest BCUT2D eigenvalue weighted by atomic mass is 9.89. The molecular weight excluding hydrogens is 355 g/mol. The molecule has 5 heteroatoms. The number of halogens is 1. The average molecular weight is 382 g/mol. The summed E-state index contributed by atoms with van der Waals surface area (Å²) in [5.74, 6) is -0.211. The molecule has 2 amide bonds. The number of benzene rings is 2. The summed E-state index contributed by atoms with van der Waals surface area (Å²) in [6.45, 7) is 0.972. The third kappa shape index (κ3) is 5.41. The van der Waals surface area contributed by atoms with Crippen LogP contribution in [-0.4, -0.2) is 24.9 Å². The van der Waals surface area contributed by atoms with Crippen LogP contribution < -0.4 is 10.2 Å². The van der Waals surface area contributed by atoms with Crippen molar-refractivity contribution in [1.82, 2.24) is 5.32 Å². The molecule has 0 aliphatic heterocycles. The van der Waals surface area contributed by atoms with Crippen LogP contribution in [-0.2, 0) is 4.79 Å². The van der Waals surface area contributed by atoms with Gasteiger partial charge >= 0.3 is 0 Å². The topological polar surface area (TPSA) is 49.4 Å². The maximum Gasteiger partial charge on any atom is 0.258 e. The van der Waals surface area contributed by atoms with Crippen molar-refractivity contribution in [3.63, 3.8) is 0 Å². The molecule has 1 aliphatic rings. The van der Waals surface area contributed by atoms with Gasteiger partial charge in [-0.15, -0.1) is 0 Å². The minimum atomic E-state index is -0.337. The van der Waals surface area contributed by atoms with E-state index in [9.17, 15) is 14.0 Å². The van der Waals surface area contributed by atoms with E-state index in [4.69, 9.17) is 0 Å². The molecule has 1 N–H and O–H groups in total. The first kappa shape index (κ1) is 20.1. The van der Waals surface area contributed by atoms with Crippen molar-refractivity contribution >= 4 is 17.5 Å². The highest BCUT2D eigenvalue weighted by Gasteiger charge is 2.21. The van der Waals surface area contributed by atoms with E-state index < -0.39 is 0 Å². The number of anilines is 1. The van der Waals surface area contributed by atoms with Gasteiger partial charge in [0.05, 0.1) is 0 Å². The number of hydrogen-bond donors (Lipinski definition) is 1. The first-order chi connectivity index (χ1) is 13.6. The molecule has 0 heterocycles. The second-order valence-corrected chi connectivity index (χ2v) is 7.28. The van der Waals surface area contributed by atoms with Gasteiger partial charge in [0, 0.05) is 30.3 Å². The van der Waals surface area contributed by atoms with Gasteiger partial charge in [0.15, 0.2) is 0 Å². The molecule has 4 nitrogen and oxygen atoms in total. The Hall–Kier alpha value is -2.69. The molecule has 3 rings (SSSR count). The Bertz CT molecular complexity index is 771. The van der Waals surface area contributed by atoms with Gasteiger partial charge in [-0.3, -0.25) is 9.59 Å². The number of carbonyl (C=O) groups is 2. The van der Waals surface area contributed by atoms with Gasteiger partial charge in [0.2, 0.25) is 5.91 Å². The van der Waals surface area contributed by atoms with Crippen molar-refractivity contribution in [3.05, 3.63) is 66.0 Å². The zero-order valence-corrected chi connectivity index (χ0v) is 16.1. The third-order valence-electron chi connectivity index (χ3n) is 5.24. The lowest BCUT2D eigenvalue weighted by Gasteiger charge is -2.24. The number of carbonyl (C=O) groups excluding carboxylic acids is 2. The number of amides is 2. The lowest BCUT2D eigenvalue weighted by Crippen LogP contribution is -2.36. The zero-order chi connectivity index (χ0) is 19.8. The van der Waals surface area contributed by atoms with E-state index in [-0.39, 0.29) is 23.5 Å². The Morgan fingerprint density at radius 2 is 1.64 bits per heavy atom. The van der Waals surface area contributed by atoms with E-state index in [1.54, 1.807) is 29.2 Å². The van der Waals surface area contributed by atoms with Crippen LogP contribution in [0.1, 0.15) is 48.9 Å². The predicted molar refractivity (Wildman–Crippen MR) is 109 cm³/mol. The van der Waals surface area contributed by atoms with Crippen molar-refractivity contribution in [3.8, 4) is 0 Å². The van der Waals surface area contributed by atoms with Gasteiger partial charge in [-0.2, -0.15) is 0 Å². The highest BCUT2D eigenvalue weighted by Crippen LogP contribution is 2.23. The Morgan fingerprint density at radius 3 is 2.32 bits per heavy atom. The predicted octanol–water partition coefficient (Wildman–Crippen LogP) is 4.56. The summed E-state index contributed by atoms with van der Waals surface area (Å²) < 4.78 is 13.3. The van der Waals surface area contributed by atoms with E-state index >= 15 is 0 Å². The molecule has 0 aromatic heterocycles. The second kappa shape index (κ2) is 10.0. The summed E-state index contributed by atoms with van der Waals surface area (Å²) in [4.78, 5) is 26.9. The summed E-state index contributed by atoms with van der Waals surface area (Å²) in [5, 5.41) is 3.01. The Kier molecular flexibility index (Phi) is 7.18. The van der Waals surface area contributed by atoms with Crippen LogP contribution in [0, 0.1) is 11.7 Å². The van der Waals surface area contributed by atoms with Crippen LogP contribution >= 0.6 is 0 Å². The number of nitrogens with zero attached hydrogens (tertiary/aromatic N) is 1. The quantitative estimate of drug-likeness (QED) is 0.714. The molecule has 0 spiro atoms. The summed E-state index contributed by atoms with van der Waals surface area (Å²) in [5.41, 5.74) is 1.23. The second-order valence-electron chi connectivity index (χ2n) is 7.28. The fourth-order valence-corrected chi connectivity index (χ4v) is 3.66. The standard InChI is InChI=1S/C23H27FN2O2/c24-20-12-14-21(15-13-20)26(23(28)19-10-5-2-6-11-19)17-7-16-25-22(27)18-8-3-1-4-9-18/h2,5-6,10-15,18H,1,3-4,7-9,16-17H2,(H,25,27). The molecule has 2 aromatic carbocycles. The molecule has 0 radical (unpaired) electrons. The lowest BCUT2D eigenvalue weighted by molar-refractivity contribution is -0.125. The van der Waals surface area contributed by atoms with Gasteiger partial charge in [0.25, 0.3) is 5.91 Å². The van der Waals surface area contributed by atoms with E-state index in [0.29, 0.717) is 30.8 Å². The molecule has 1 aliphatic carbocycles. The van der Waals surface area contributed by atoms with Gasteiger partial charge < -0.3 is 10.2 Å². The van der Waals surface area contributed by atoms with E-state index in [1.165, 1.54) is 18.6 Å². The molecule has 28 heavy (non-hydrogen) atoms. The minimum Gasteiger partial charge on any atom is -0.356 e. The smallest absolute Gasteiger partial charge is 0.258 e. The van der Waals surface area contributed by atoms with Crippen molar-refractivity contribution in [2.45, 2.75) is 38.5 Å². The molecule has 0 saturated heterocycles. The van der Waals surface area contributed by atoms with Crippen LogP contribution in [0.3, 0.4) is 0 Å². The van der Waals surface area contributed by atoms with Crippen LogP contribution in [0.4, 0.5) is 10.1 Å². The fourth-order valence-electron chi connectivity index (χ4n) is 3.66. The first-order valence-electron chi connectivity index (χ1n) is 10.1. The third-order valence-corrected chi connectivity index (χ3v) is 5.24. The van der Waals surface area contributed by atoms with Gasteiger partial charge in [-0.25, -0.2) is 4.39 Å². The van der Waals surface area contributed by atoms with Gasteiger partial charge in [-0.1, -0.05) is 37.5 Å². The Morgan fingerprint density at radius 1 is 0.964 bits per heavy atom. The molecule has 1 fully saturated rings. The van der Waals surface area contributed by atoms with Crippen LogP contribution in [0.25, 0.3) is 0 Å². The molecule has 2 aromatic rings. The van der Waals surface area contributed by atoms with Gasteiger partial charge in [-0.05, 0) is 55.7 Å². The SMILES string of the molecule is O=C(NCCCN(C(=O)c1ccccc1)c1ccc(F)cc1)C1CCCCC1. The van der Waals surface area contributed by atoms with Crippen molar-refractivity contribution < 1.29 is 14.0 Å². The van der Waals surface area contributed by atoms with Crippen LogP contribution in [0.2, 0.25) is 0 Å². The highest BCUT2D eigenvalue weighted by atomic mass is 19.1. The van der Waals surface area contributed by atoms with Gasteiger partial charge in [0.1, 0.15) is 5.82 Å². The summed E-state index contributed by atoms with van der Waals surface area (Å²) in [7, 11) is 0. The normalized spacial score (nSPS) is 14.5. The highest BCUT2D eigenvalue weighted by molar-refractivity contribution is 6.06.